The van der Waals surface area contributed by atoms with E-state index in [0.717, 1.165) is 5.56 Å². The van der Waals surface area contributed by atoms with E-state index >= 15 is 0 Å². The van der Waals surface area contributed by atoms with Gasteiger partial charge in [-0.25, -0.2) is 8.42 Å². The van der Waals surface area contributed by atoms with Crippen molar-refractivity contribution in [3.05, 3.63) is 58.6 Å². The highest BCUT2D eigenvalue weighted by Gasteiger charge is 2.16. The highest BCUT2D eigenvalue weighted by molar-refractivity contribution is 7.90. The predicted molar refractivity (Wildman–Crippen MR) is 110 cm³/mol. The molecule has 0 fully saturated rings. The first-order valence-electron chi connectivity index (χ1n) is 8.76. The van der Waals surface area contributed by atoms with Crippen LogP contribution in [0, 0.1) is 0 Å². The minimum atomic E-state index is -3.42. The second-order valence-corrected chi connectivity index (χ2v) is 8.81. The van der Waals surface area contributed by atoms with Gasteiger partial charge in [0, 0.05) is 18.0 Å². The van der Waals surface area contributed by atoms with E-state index in [4.69, 9.17) is 21.1 Å². The van der Waals surface area contributed by atoms with Crippen LogP contribution in [0.4, 0.5) is 0 Å². The maximum atomic E-state index is 12.2. The van der Waals surface area contributed by atoms with Crippen molar-refractivity contribution < 1.29 is 22.7 Å². The summed E-state index contributed by atoms with van der Waals surface area (Å²) >= 11 is 6.00. The lowest BCUT2D eigenvalue weighted by atomic mass is 10.1. The second kappa shape index (κ2) is 10.3. The van der Waals surface area contributed by atoms with Crippen molar-refractivity contribution in [2.75, 3.05) is 26.5 Å². The summed E-state index contributed by atoms with van der Waals surface area (Å²) in [4.78, 5) is 12.0. The summed E-state index contributed by atoms with van der Waals surface area (Å²) in [5, 5.41) is 3.15. The number of hydrogen-bond acceptors (Lipinski definition) is 5. The van der Waals surface area contributed by atoms with Gasteiger partial charge in [0.2, 0.25) is 5.91 Å². The summed E-state index contributed by atoms with van der Waals surface area (Å²) in [6.45, 7) is 0.402. The van der Waals surface area contributed by atoms with Crippen LogP contribution < -0.4 is 14.8 Å². The van der Waals surface area contributed by atoms with Crippen molar-refractivity contribution >= 4 is 27.3 Å². The third kappa shape index (κ3) is 6.73. The summed E-state index contributed by atoms with van der Waals surface area (Å²) in [6, 6.07) is 12.3. The van der Waals surface area contributed by atoms with Crippen molar-refractivity contribution in [3.63, 3.8) is 0 Å². The molecule has 0 spiro atoms. The predicted octanol–water partition coefficient (Wildman–Crippen LogP) is 3.02. The standard InChI is InChI=1S/C20H24ClNO5S/c1-26-18-8-7-15(13-19(18)27-2)9-11-22-20(23)10-12-28(24,25)14-16-5-3-4-6-17(16)21/h3-8,13H,9-12,14H2,1-2H3,(H,22,23). The van der Waals surface area contributed by atoms with Gasteiger partial charge in [0.25, 0.3) is 0 Å². The highest BCUT2D eigenvalue weighted by atomic mass is 35.5. The molecule has 0 aliphatic carbocycles. The van der Waals surface area contributed by atoms with Gasteiger partial charge in [-0.15, -0.1) is 0 Å². The normalized spacial score (nSPS) is 11.1. The number of benzene rings is 2. The van der Waals surface area contributed by atoms with Crippen LogP contribution in [0.25, 0.3) is 0 Å². The zero-order valence-electron chi connectivity index (χ0n) is 15.9. The van der Waals surface area contributed by atoms with Gasteiger partial charge in [-0.1, -0.05) is 35.9 Å². The van der Waals surface area contributed by atoms with E-state index in [0.29, 0.717) is 35.1 Å². The maximum Gasteiger partial charge on any atom is 0.221 e. The SMILES string of the molecule is COc1ccc(CCNC(=O)CCS(=O)(=O)Cc2ccccc2Cl)cc1OC. The van der Waals surface area contributed by atoms with E-state index in [-0.39, 0.29) is 23.8 Å². The minimum absolute atomic E-state index is 0.0846. The molecule has 2 rings (SSSR count). The van der Waals surface area contributed by atoms with Crippen molar-refractivity contribution in [3.8, 4) is 11.5 Å². The Morgan fingerprint density at radius 2 is 1.79 bits per heavy atom. The Hall–Kier alpha value is -2.25. The molecule has 152 valence electrons. The van der Waals surface area contributed by atoms with Crippen LogP contribution in [0.15, 0.2) is 42.5 Å². The number of sulfone groups is 1. The minimum Gasteiger partial charge on any atom is -0.493 e. The number of hydrogen-bond donors (Lipinski definition) is 1. The van der Waals surface area contributed by atoms with Crippen molar-refractivity contribution in [1.29, 1.82) is 0 Å². The molecule has 0 bridgehead atoms. The second-order valence-electron chi connectivity index (χ2n) is 6.22. The number of halogens is 1. The summed E-state index contributed by atoms with van der Waals surface area (Å²) in [6.07, 6.45) is 0.511. The van der Waals surface area contributed by atoms with Crippen LogP contribution in [0.3, 0.4) is 0 Å². The third-order valence-electron chi connectivity index (χ3n) is 4.16. The van der Waals surface area contributed by atoms with E-state index in [1.165, 1.54) is 0 Å². The summed E-state index contributed by atoms with van der Waals surface area (Å²) in [5.41, 5.74) is 1.52. The molecule has 0 saturated carbocycles. The number of carbonyl (C=O) groups is 1. The monoisotopic (exact) mass is 425 g/mol. The molecule has 1 N–H and O–H groups in total. The molecule has 0 unspecified atom stereocenters. The number of rotatable bonds is 10. The molecule has 0 aromatic heterocycles. The fourth-order valence-electron chi connectivity index (χ4n) is 2.64. The molecule has 2 aromatic carbocycles. The fraction of sp³-hybridized carbons (Fsp3) is 0.350. The van der Waals surface area contributed by atoms with Gasteiger partial charge in [0.05, 0.1) is 25.7 Å². The van der Waals surface area contributed by atoms with Crippen LogP contribution in [0.1, 0.15) is 17.5 Å². The lowest BCUT2D eigenvalue weighted by Crippen LogP contribution is -2.27. The first-order valence-corrected chi connectivity index (χ1v) is 11.0. The summed E-state index contributed by atoms with van der Waals surface area (Å²) in [7, 11) is -0.293. The zero-order chi connectivity index (χ0) is 20.6. The first kappa shape index (κ1) is 22.0. The third-order valence-corrected chi connectivity index (χ3v) is 6.10. The Morgan fingerprint density at radius 3 is 2.46 bits per heavy atom. The van der Waals surface area contributed by atoms with E-state index in [2.05, 4.69) is 5.32 Å². The lowest BCUT2D eigenvalue weighted by molar-refractivity contribution is -0.120. The molecule has 0 radical (unpaired) electrons. The van der Waals surface area contributed by atoms with Crippen molar-refractivity contribution in [1.82, 2.24) is 5.32 Å². The average Bonchev–Trinajstić information content (AvgIpc) is 2.68. The Morgan fingerprint density at radius 1 is 1.07 bits per heavy atom. The number of ether oxygens (including phenoxy) is 2. The van der Waals surface area contributed by atoms with E-state index in [1.807, 2.05) is 12.1 Å². The van der Waals surface area contributed by atoms with Gasteiger partial charge in [0.1, 0.15) is 0 Å². The van der Waals surface area contributed by atoms with Crippen LogP contribution in [-0.2, 0) is 26.8 Å². The fourth-order valence-corrected chi connectivity index (χ4v) is 4.29. The largest absolute Gasteiger partial charge is 0.493 e. The smallest absolute Gasteiger partial charge is 0.221 e. The molecule has 6 nitrogen and oxygen atoms in total. The van der Waals surface area contributed by atoms with Gasteiger partial charge in [-0.3, -0.25) is 4.79 Å². The summed E-state index contributed by atoms with van der Waals surface area (Å²) in [5.74, 6) is 0.561. The molecular formula is C20H24ClNO5S. The van der Waals surface area contributed by atoms with E-state index < -0.39 is 9.84 Å². The van der Waals surface area contributed by atoms with Gasteiger partial charge in [0.15, 0.2) is 21.3 Å². The zero-order valence-corrected chi connectivity index (χ0v) is 17.5. The topological polar surface area (TPSA) is 81.7 Å². The first-order chi connectivity index (χ1) is 13.3. The van der Waals surface area contributed by atoms with Crippen molar-refractivity contribution in [2.24, 2.45) is 0 Å². The number of nitrogens with one attached hydrogen (secondary N) is 1. The van der Waals surface area contributed by atoms with E-state index in [1.54, 1.807) is 44.6 Å². The number of methoxy groups -OCH3 is 2. The van der Waals surface area contributed by atoms with Crippen LogP contribution in [0.2, 0.25) is 5.02 Å². The Bertz CT molecular complexity index is 915. The number of carbonyl (C=O) groups excluding carboxylic acids is 1. The van der Waals surface area contributed by atoms with Crippen LogP contribution in [0.5, 0.6) is 11.5 Å². The van der Waals surface area contributed by atoms with Gasteiger partial charge < -0.3 is 14.8 Å². The molecule has 0 aliphatic heterocycles. The lowest BCUT2D eigenvalue weighted by Gasteiger charge is -2.10. The Kier molecular flexibility index (Phi) is 8.14. The molecule has 0 aliphatic rings. The van der Waals surface area contributed by atoms with Crippen LogP contribution in [-0.4, -0.2) is 40.8 Å². The van der Waals surface area contributed by atoms with Gasteiger partial charge in [-0.2, -0.15) is 0 Å². The number of amides is 1. The molecule has 0 heterocycles. The molecule has 28 heavy (non-hydrogen) atoms. The van der Waals surface area contributed by atoms with Crippen molar-refractivity contribution in [2.45, 2.75) is 18.6 Å². The molecule has 0 atom stereocenters. The van der Waals surface area contributed by atoms with E-state index in [9.17, 15) is 13.2 Å². The molecule has 8 heteroatoms. The highest BCUT2D eigenvalue weighted by Crippen LogP contribution is 2.27. The molecule has 0 saturated heterocycles. The quantitative estimate of drug-likeness (QED) is 0.632. The average molecular weight is 426 g/mol. The molecule has 1 amide bonds. The molecule has 2 aromatic rings. The van der Waals surface area contributed by atoms with Crippen LogP contribution >= 0.6 is 11.6 Å². The molecular weight excluding hydrogens is 402 g/mol. The Labute approximate surface area is 170 Å². The van der Waals surface area contributed by atoms with Gasteiger partial charge in [-0.05, 0) is 35.7 Å². The Balaban J connectivity index is 1.79. The van der Waals surface area contributed by atoms with Gasteiger partial charge >= 0.3 is 0 Å². The summed E-state index contributed by atoms with van der Waals surface area (Å²) < 4.78 is 34.9. The maximum absolute atomic E-state index is 12.2.